The van der Waals surface area contributed by atoms with Crippen LogP contribution in [0, 0.1) is 5.82 Å². The molecule has 0 bridgehead atoms. The molecule has 0 aliphatic carbocycles. The molecular formula is C28H23FN2O6S. The van der Waals surface area contributed by atoms with Gasteiger partial charge in [-0.1, -0.05) is 17.4 Å². The Morgan fingerprint density at radius 3 is 2.45 bits per heavy atom. The van der Waals surface area contributed by atoms with Crippen molar-refractivity contribution in [1.82, 2.24) is 4.98 Å². The summed E-state index contributed by atoms with van der Waals surface area (Å²) in [7, 11) is 2.97. The molecule has 1 amide bonds. The van der Waals surface area contributed by atoms with Gasteiger partial charge in [0.15, 0.2) is 16.6 Å². The van der Waals surface area contributed by atoms with Gasteiger partial charge in [0.1, 0.15) is 17.3 Å². The molecule has 0 radical (unpaired) electrons. The van der Waals surface area contributed by atoms with Gasteiger partial charge in [-0.15, -0.1) is 0 Å². The fraction of sp³-hybridized carbons (Fsp3) is 0.179. The standard InChI is InChI=1S/C28H23FN2O6S/c1-4-37-18-10-11-19-22(14-18)38-28(30-19)31-24(16-7-12-20(35-2)21(13-16)36-3)23(26(33)27(31)34)25(32)15-5-8-17(29)9-6-15/h5-14,24,32H,4H2,1-3H3/b25-23+. The molecule has 38 heavy (non-hydrogen) atoms. The zero-order valence-electron chi connectivity index (χ0n) is 20.7. The van der Waals surface area contributed by atoms with E-state index in [2.05, 4.69) is 4.98 Å². The number of rotatable bonds is 7. The maximum absolute atomic E-state index is 13.6. The highest BCUT2D eigenvalue weighted by Gasteiger charge is 2.48. The number of aromatic nitrogens is 1. The Hall–Kier alpha value is -4.44. The highest BCUT2D eigenvalue weighted by molar-refractivity contribution is 7.22. The molecule has 1 fully saturated rings. The smallest absolute Gasteiger partial charge is 0.301 e. The number of Topliss-reactive ketones (excluding diaryl/α,β-unsaturated/α-hetero) is 1. The van der Waals surface area contributed by atoms with Gasteiger partial charge in [0.2, 0.25) is 0 Å². The minimum atomic E-state index is -1.04. The average Bonchev–Trinajstić information content (AvgIpc) is 3.46. The minimum Gasteiger partial charge on any atom is -0.507 e. The molecular weight excluding hydrogens is 511 g/mol. The van der Waals surface area contributed by atoms with E-state index in [1.165, 1.54) is 54.7 Å². The van der Waals surface area contributed by atoms with E-state index in [0.29, 0.717) is 34.9 Å². The zero-order chi connectivity index (χ0) is 27.0. The van der Waals surface area contributed by atoms with Crippen molar-refractivity contribution in [3.8, 4) is 17.2 Å². The number of hydrogen-bond acceptors (Lipinski definition) is 8. The van der Waals surface area contributed by atoms with Gasteiger partial charge < -0.3 is 19.3 Å². The molecule has 1 saturated heterocycles. The van der Waals surface area contributed by atoms with E-state index in [4.69, 9.17) is 14.2 Å². The number of nitrogens with zero attached hydrogens (tertiary/aromatic N) is 2. The summed E-state index contributed by atoms with van der Waals surface area (Å²) in [4.78, 5) is 32.8. The molecule has 1 aliphatic rings. The maximum atomic E-state index is 13.6. The Morgan fingerprint density at radius 1 is 1.03 bits per heavy atom. The van der Waals surface area contributed by atoms with Gasteiger partial charge in [-0.25, -0.2) is 9.37 Å². The number of fused-ring (bicyclic) bond motifs is 1. The van der Waals surface area contributed by atoms with Gasteiger partial charge in [0.05, 0.1) is 42.7 Å². The van der Waals surface area contributed by atoms with Gasteiger partial charge in [-0.3, -0.25) is 14.5 Å². The summed E-state index contributed by atoms with van der Waals surface area (Å²) < 4.78 is 30.7. The Kier molecular flexibility index (Phi) is 6.73. The van der Waals surface area contributed by atoms with E-state index in [0.717, 1.165) is 4.70 Å². The molecule has 194 valence electrons. The fourth-order valence-electron chi connectivity index (χ4n) is 4.38. The summed E-state index contributed by atoms with van der Waals surface area (Å²) in [6.45, 7) is 2.38. The Morgan fingerprint density at radius 2 is 1.76 bits per heavy atom. The van der Waals surface area contributed by atoms with Gasteiger partial charge in [-0.2, -0.15) is 0 Å². The summed E-state index contributed by atoms with van der Waals surface area (Å²) in [5.41, 5.74) is 1.16. The fourth-order valence-corrected chi connectivity index (χ4v) is 5.40. The van der Waals surface area contributed by atoms with Crippen LogP contribution in [0.1, 0.15) is 24.1 Å². The van der Waals surface area contributed by atoms with Crippen LogP contribution in [-0.2, 0) is 9.59 Å². The summed E-state index contributed by atoms with van der Waals surface area (Å²) in [6.07, 6.45) is 0. The van der Waals surface area contributed by atoms with Crippen molar-refractivity contribution in [1.29, 1.82) is 0 Å². The molecule has 1 unspecified atom stereocenters. The van der Waals surface area contributed by atoms with E-state index in [9.17, 15) is 19.1 Å². The van der Waals surface area contributed by atoms with Gasteiger partial charge in [0.25, 0.3) is 5.78 Å². The average molecular weight is 535 g/mol. The van der Waals surface area contributed by atoms with Crippen molar-refractivity contribution in [2.45, 2.75) is 13.0 Å². The van der Waals surface area contributed by atoms with E-state index in [1.54, 1.807) is 30.3 Å². The van der Waals surface area contributed by atoms with E-state index in [-0.39, 0.29) is 16.3 Å². The van der Waals surface area contributed by atoms with Crippen LogP contribution in [0.3, 0.4) is 0 Å². The molecule has 3 aromatic carbocycles. The molecule has 1 atom stereocenters. The highest BCUT2D eigenvalue weighted by Crippen LogP contribution is 2.46. The number of hydrogen-bond donors (Lipinski definition) is 1. The first-order valence-electron chi connectivity index (χ1n) is 11.7. The lowest BCUT2D eigenvalue weighted by Crippen LogP contribution is -2.29. The monoisotopic (exact) mass is 534 g/mol. The largest absolute Gasteiger partial charge is 0.507 e. The van der Waals surface area contributed by atoms with Crippen LogP contribution in [0.4, 0.5) is 9.52 Å². The quantitative estimate of drug-likeness (QED) is 0.191. The van der Waals surface area contributed by atoms with Crippen LogP contribution < -0.4 is 19.1 Å². The van der Waals surface area contributed by atoms with E-state index in [1.807, 2.05) is 13.0 Å². The predicted molar refractivity (Wildman–Crippen MR) is 142 cm³/mol. The number of ketones is 1. The molecule has 0 saturated carbocycles. The van der Waals surface area contributed by atoms with Crippen LogP contribution in [0.25, 0.3) is 16.0 Å². The molecule has 10 heteroatoms. The van der Waals surface area contributed by atoms with Crippen LogP contribution in [0.5, 0.6) is 17.2 Å². The SMILES string of the molecule is CCOc1ccc2nc(N3C(=O)C(=O)/C(=C(/O)c4ccc(F)cc4)C3c3ccc(OC)c(OC)c3)sc2c1. The minimum absolute atomic E-state index is 0.150. The van der Waals surface area contributed by atoms with Gasteiger partial charge in [0, 0.05) is 5.56 Å². The van der Waals surface area contributed by atoms with Crippen molar-refractivity contribution >= 4 is 44.1 Å². The van der Waals surface area contributed by atoms with E-state index < -0.39 is 29.3 Å². The number of ether oxygens (including phenoxy) is 3. The zero-order valence-corrected chi connectivity index (χ0v) is 21.5. The first-order valence-corrected chi connectivity index (χ1v) is 12.5. The van der Waals surface area contributed by atoms with Gasteiger partial charge >= 0.3 is 5.91 Å². The van der Waals surface area contributed by atoms with Crippen molar-refractivity contribution < 1.29 is 33.3 Å². The second-order valence-electron chi connectivity index (χ2n) is 8.35. The first kappa shape index (κ1) is 25.2. The number of methoxy groups -OCH3 is 2. The second-order valence-corrected chi connectivity index (χ2v) is 9.36. The number of halogens is 1. The maximum Gasteiger partial charge on any atom is 0.301 e. The number of aliphatic hydroxyl groups excluding tert-OH is 1. The predicted octanol–water partition coefficient (Wildman–Crippen LogP) is 5.48. The van der Waals surface area contributed by atoms with Crippen LogP contribution in [-0.4, -0.2) is 42.6 Å². The molecule has 5 rings (SSSR count). The molecule has 8 nitrogen and oxygen atoms in total. The normalized spacial score (nSPS) is 16.7. The molecule has 1 aromatic heterocycles. The number of carbonyl (C=O) groups is 2. The number of thiazole rings is 1. The van der Waals surface area contributed by atoms with Crippen LogP contribution in [0.15, 0.2) is 66.2 Å². The summed E-state index contributed by atoms with van der Waals surface area (Å²) in [5.74, 6) is -1.17. The summed E-state index contributed by atoms with van der Waals surface area (Å²) in [5, 5.41) is 11.5. The van der Waals surface area contributed by atoms with E-state index >= 15 is 0 Å². The third-order valence-electron chi connectivity index (χ3n) is 6.15. The lowest BCUT2D eigenvalue weighted by atomic mass is 9.95. The van der Waals surface area contributed by atoms with Gasteiger partial charge in [-0.05, 0) is 67.1 Å². The molecule has 1 N–H and O–H groups in total. The summed E-state index contributed by atoms with van der Waals surface area (Å²) in [6, 6.07) is 14.3. The number of benzene rings is 3. The third-order valence-corrected chi connectivity index (χ3v) is 7.17. The van der Waals surface area contributed by atoms with Crippen molar-refractivity contribution in [2.75, 3.05) is 25.7 Å². The van der Waals surface area contributed by atoms with Crippen molar-refractivity contribution in [3.05, 3.63) is 83.2 Å². The number of aliphatic hydroxyl groups is 1. The van der Waals surface area contributed by atoms with Crippen molar-refractivity contribution in [3.63, 3.8) is 0 Å². The topological polar surface area (TPSA) is 98.2 Å². The number of anilines is 1. The highest BCUT2D eigenvalue weighted by atomic mass is 32.1. The second kappa shape index (κ2) is 10.1. The molecule has 4 aromatic rings. The Bertz CT molecular complexity index is 1580. The van der Waals surface area contributed by atoms with Crippen LogP contribution in [0.2, 0.25) is 0 Å². The van der Waals surface area contributed by atoms with Crippen molar-refractivity contribution in [2.24, 2.45) is 0 Å². The molecule has 2 heterocycles. The first-order chi connectivity index (χ1) is 18.4. The number of carbonyl (C=O) groups excluding carboxylic acids is 2. The molecule has 0 spiro atoms. The summed E-state index contributed by atoms with van der Waals surface area (Å²) >= 11 is 1.22. The Balaban J connectivity index is 1.71. The molecule has 1 aliphatic heterocycles. The lowest BCUT2D eigenvalue weighted by molar-refractivity contribution is -0.132. The Labute approximate surface area is 221 Å². The third kappa shape index (κ3) is 4.32. The lowest BCUT2D eigenvalue weighted by Gasteiger charge is -2.23. The van der Waals surface area contributed by atoms with Crippen LogP contribution >= 0.6 is 11.3 Å². The number of amides is 1.